The number of hydrogen-bond donors (Lipinski definition) is 0. The molecule has 0 aliphatic carbocycles. The number of amides is 1. The van der Waals surface area contributed by atoms with Crippen LogP contribution in [0.1, 0.15) is 13.8 Å². The molecule has 2 fully saturated rings. The van der Waals surface area contributed by atoms with Crippen LogP contribution in [0, 0.1) is 5.92 Å². The first kappa shape index (κ1) is 10.9. The van der Waals surface area contributed by atoms with Gasteiger partial charge < -0.3 is 14.5 Å². The summed E-state index contributed by atoms with van der Waals surface area (Å²) in [5.41, 5.74) is -0.177. The molecular weight excluding hydrogens is 192 g/mol. The second kappa shape index (κ2) is 3.76. The van der Waals surface area contributed by atoms with Crippen LogP contribution >= 0.6 is 0 Å². The number of likely N-dealkylation sites (tertiary alicyclic amines) is 1. The first-order chi connectivity index (χ1) is 6.98. The molecule has 0 unspecified atom stereocenters. The molecule has 2 aliphatic heterocycles. The fraction of sp³-hybridized carbons (Fsp3) is 0.909. The average molecular weight is 212 g/mol. The van der Waals surface area contributed by atoms with Crippen molar-refractivity contribution in [3.63, 3.8) is 0 Å². The summed E-state index contributed by atoms with van der Waals surface area (Å²) in [4.78, 5) is 16.2. The first-order valence-electron chi connectivity index (χ1n) is 5.59. The Labute approximate surface area is 91.2 Å². The molecule has 1 amide bonds. The number of hydrogen-bond acceptors (Lipinski definition) is 3. The van der Waals surface area contributed by atoms with Crippen molar-refractivity contribution in [2.45, 2.75) is 19.4 Å². The number of carbonyl (C=O) groups excluding carboxylic acids is 1. The second-order valence-corrected chi connectivity index (χ2v) is 5.29. The molecule has 4 nitrogen and oxygen atoms in total. The van der Waals surface area contributed by atoms with Gasteiger partial charge in [0.25, 0.3) is 0 Å². The Bertz CT molecular complexity index is 259. The minimum atomic E-state index is -0.177. The van der Waals surface area contributed by atoms with Gasteiger partial charge in [0, 0.05) is 26.2 Å². The lowest BCUT2D eigenvalue weighted by molar-refractivity contribution is -0.154. The molecule has 2 aliphatic rings. The summed E-state index contributed by atoms with van der Waals surface area (Å²) in [5.74, 6) is 0.536. The van der Waals surface area contributed by atoms with Crippen molar-refractivity contribution in [1.29, 1.82) is 0 Å². The van der Waals surface area contributed by atoms with E-state index in [-0.39, 0.29) is 11.5 Å². The average Bonchev–Trinajstić information content (AvgIpc) is 2.10. The molecule has 0 saturated carbocycles. The number of carbonyl (C=O) groups is 1. The third kappa shape index (κ3) is 2.32. The van der Waals surface area contributed by atoms with Gasteiger partial charge in [-0.1, -0.05) is 0 Å². The molecule has 0 atom stereocenters. The van der Waals surface area contributed by atoms with Gasteiger partial charge in [0.15, 0.2) is 0 Å². The van der Waals surface area contributed by atoms with Gasteiger partial charge in [-0.15, -0.1) is 0 Å². The normalized spacial score (nSPS) is 27.5. The topological polar surface area (TPSA) is 32.8 Å². The van der Waals surface area contributed by atoms with Crippen LogP contribution in [0.3, 0.4) is 0 Å². The van der Waals surface area contributed by atoms with E-state index in [4.69, 9.17) is 4.74 Å². The molecular formula is C11H20N2O2. The molecule has 0 aromatic rings. The Morgan fingerprint density at radius 1 is 1.40 bits per heavy atom. The van der Waals surface area contributed by atoms with Gasteiger partial charge in [-0.05, 0) is 20.9 Å². The molecule has 0 aromatic carbocycles. The fourth-order valence-corrected chi connectivity index (χ4v) is 2.32. The quantitative estimate of drug-likeness (QED) is 0.622. The maximum absolute atomic E-state index is 12.1. The van der Waals surface area contributed by atoms with E-state index in [1.165, 1.54) is 0 Å². The van der Waals surface area contributed by atoms with Gasteiger partial charge in [0.05, 0.1) is 18.1 Å². The summed E-state index contributed by atoms with van der Waals surface area (Å²) in [6.45, 7) is 8.06. The Morgan fingerprint density at radius 3 is 2.60 bits per heavy atom. The van der Waals surface area contributed by atoms with Gasteiger partial charge in [-0.25, -0.2) is 0 Å². The Balaban J connectivity index is 1.90. The molecule has 0 N–H and O–H groups in total. The number of rotatable bonds is 1. The Hall–Kier alpha value is -0.610. The third-order valence-corrected chi connectivity index (χ3v) is 3.15. The van der Waals surface area contributed by atoms with E-state index in [1.807, 2.05) is 25.8 Å². The zero-order valence-electron chi connectivity index (χ0n) is 9.82. The molecule has 2 saturated heterocycles. The van der Waals surface area contributed by atoms with Crippen molar-refractivity contribution in [2.75, 3.05) is 39.8 Å². The molecule has 2 heterocycles. The van der Waals surface area contributed by atoms with E-state index >= 15 is 0 Å². The van der Waals surface area contributed by atoms with Crippen molar-refractivity contribution in [2.24, 2.45) is 5.92 Å². The highest BCUT2D eigenvalue weighted by atomic mass is 16.5. The highest BCUT2D eigenvalue weighted by Gasteiger charge is 2.37. The first-order valence-corrected chi connectivity index (χ1v) is 5.59. The summed E-state index contributed by atoms with van der Waals surface area (Å²) in [5, 5.41) is 0. The van der Waals surface area contributed by atoms with Crippen LogP contribution in [0.2, 0.25) is 0 Å². The van der Waals surface area contributed by atoms with E-state index in [1.54, 1.807) is 0 Å². The van der Waals surface area contributed by atoms with Gasteiger partial charge in [0.1, 0.15) is 0 Å². The second-order valence-electron chi connectivity index (χ2n) is 5.29. The monoisotopic (exact) mass is 212 g/mol. The standard InChI is InChI=1S/C11H20N2O2/c1-11(2)8-13(4-5-15-11)10(14)9-6-12(3)7-9/h9H,4-8H2,1-3H3. The predicted octanol–water partition coefficient (Wildman–Crippen LogP) is 0.185. The number of ether oxygens (including phenoxy) is 1. The Kier molecular flexibility index (Phi) is 2.73. The summed E-state index contributed by atoms with van der Waals surface area (Å²) >= 11 is 0. The fourth-order valence-electron chi connectivity index (χ4n) is 2.32. The smallest absolute Gasteiger partial charge is 0.228 e. The highest BCUT2D eigenvalue weighted by Crippen LogP contribution is 2.21. The predicted molar refractivity (Wildman–Crippen MR) is 57.6 cm³/mol. The van der Waals surface area contributed by atoms with Crippen LogP contribution in [0.25, 0.3) is 0 Å². The van der Waals surface area contributed by atoms with Crippen molar-refractivity contribution >= 4 is 5.91 Å². The lowest BCUT2D eigenvalue weighted by atomic mass is 9.98. The van der Waals surface area contributed by atoms with Crippen molar-refractivity contribution in [3.05, 3.63) is 0 Å². The lowest BCUT2D eigenvalue weighted by Crippen LogP contribution is -2.57. The van der Waals surface area contributed by atoms with Crippen LogP contribution in [0.15, 0.2) is 0 Å². The molecule has 0 spiro atoms. The lowest BCUT2D eigenvalue weighted by Gasteiger charge is -2.43. The molecule has 0 bridgehead atoms. The third-order valence-electron chi connectivity index (χ3n) is 3.15. The molecule has 2 rings (SSSR count). The van der Waals surface area contributed by atoms with Crippen LogP contribution in [-0.2, 0) is 9.53 Å². The SMILES string of the molecule is CN1CC(C(=O)N2CCOC(C)(C)C2)C1. The van der Waals surface area contributed by atoms with Gasteiger partial charge in [0.2, 0.25) is 5.91 Å². The van der Waals surface area contributed by atoms with E-state index in [2.05, 4.69) is 4.90 Å². The van der Waals surface area contributed by atoms with Gasteiger partial charge in [-0.3, -0.25) is 4.79 Å². The van der Waals surface area contributed by atoms with Crippen molar-refractivity contribution in [1.82, 2.24) is 9.80 Å². The van der Waals surface area contributed by atoms with Crippen molar-refractivity contribution < 1.29 is 9.53 Å². The van der Waals surface area contributed by atoms with E-state index in [0.717, 1.165) is 26.2 Å². The number of morpholine rings is 1. The highest BCUT2D eigenvalue weighted by molar-refractivity contribution is 5.80. The molecule has 15 heavy (non-hydrogen) atoms. The van der Waals surface area contributed by atoms with Crippen molar-refractivity contribution in [3.8, 4) is 0 Å². The van der Waals surface area contributed by atoms with Crippen LogP contribution in [0.4, 0.5) is 0 Å². The van der Waals surface area contributed by atoms with Gasteiger partial charge in [-0.2, -0.15) is 0 Å². The summed E-state index contributed by atoms with van der Waals surface area (Å²) in [6.07, 6.45) is 0. The summed E-state index contributed by atoms with van der Waals surface area (Å²) in [7, 11) is 2.05. The number of nitrogens with zero attached hydrogens (tertiary/aromatic N) is 2. The van der Waals surface area contributed by atoms with Crippen LogP contribution in [0.5, 0.6) is 0 Å². The maximum atomic E-state index is 12.1. The minimum Gasteiger partial charge on any atom is -0.372 e. The molecule has 4 heteroatoms. The van der Waals surface area contributed by atoms with Crippen LogP contribution in [-0.4, -0.2) is 61.1 Å². The largest absolute Gasteiger partial charge is 0.372 e. The summed E-state index contributed by atoms with van der Waals surface area (Å²) in [6, 6.07) is 0. The molecule has 0 aromatic heterocycles. The van der Waals surface area contributed by atoms with Crippen LogP contribution < -0.4 is 0 Å². The van der Waals surface area contributed by atoms with E-state index in [9.17, 15) is 4.79 Å². The summed E-state index contributed by atoms with van der Waals surface area (Å²) < 4.78 is 5.59. The van der Waals surface area contributed by atoms with Gasteiger partial charge >= 0.3 is 0 Å². The molecule has 86 valence electrons. The van der Waals surface area contributed by atoms with E-state index < -0.39 is 0 Å². The minimum absolute atomic E-state index is 0.177. The Morgan fingerprint density at radius 2 is 2.07 bits per heavy atom. The molecule has 0 radical (unpaired) electrons. The zero-order valence-corrected chi connectivity index (χ0v) is 9.82. The zero-order chi connectivity index (χ0) is 11.1. The maximum Gasteiger partial charge on any atom is 0.228 e. The van der Waals surface area contributed by atoms with E-state index in [0.29, 0.717) is 12.5 Å².